The number of carboxylic acid groups (broad SMARTS) is 1. The SMILES string of the molecule is CC(C)[C@@H]1CC[C@@H](C)C[C@H]1n1c(Nc2ccc(OC(F)(F)F)cc2)nc2cc(CC(=O)O)ccc21. The van der Waals surface area contributed by atoms with Crippen LogP contribution in [0.3, 0.4) is 0 Å². The molecule has 1 heterocycles. The van der Waals surface area contributed by atoms with E-state index in [2.05, 4.69) is 35.4 Å². The standard InChI is InChI=1S/C26H30F3N3O3/c1-15(2)20-10-4-16(3)12-23(20)32-22-11-5-17(14-24(33)34)13-21(22)31-25(32)30-18-6-8-19(9-7-18)35-26(27,28)29/h5-9,11,13,15-16,20,23H,4,10,12,14H2,1-3H3,(H,30,31)(H,33,34)/t16-,20+,23-/m1/s1. The van der Waals surface area contributed by atoms with Crippen LogP contribution in [0.25, 0.3) is 11.0 Å². The molecule has 1 aromatic heterocycles. The molecule has 6 nitrogen and oxygen atoms in total. The van der Waals surface area contributed by atoms with Crippen LogP contribution in [0.5, 0.6) is 5.75 Å². The lowest BCUT2D eigenvalue weighted by Crippen LogP contribution is -2.30. The Hall–Kier alpha value is -3.23. The van der Waals surface area contributed by atoms with E-state index >= 15 is 0 Å². The first-order chi connectivity index (χ1) is 16.5. The van der Waals surface area contributed by atoms with Crippen LogP contribution < -0.4 is 10.1 Å². The summed E-state index contributed by atoms with van der Waals surface area (Å²) in [6.45, 7) is 6.70. The zero-order chi connectivity index (χ0) is 25.3. The lowest BCUT2D eigenvalue weighted by molar-refractivity contribution is -0.274. The molecule has 1 aliphatic carbocycles. The van der Waals surface area contributed by atoms with Gasteiger partial charge in [-0.15, -0.1) is 13.2 Å². The molecule has 1 fully saturated rings. The van der Waals surface area contributed by atoms with Crippen molar-refractivity contribution in [3.05, 3.63) is 48.0 Å². The molecule has 2 N–H and O–H groups in total. The Morgan fingerprint density at radius 1 is 1.20 bits per heavy atom. The summed E-state index contributed by atoms with van der Waals surface area (Å²) in [5.74, 6) is 0.820. The van der Waals surface area contributed by atoms with Gasteiger partial charge in [-0.2, -0.15) is 0 Å². The summed E-state index contributed by atoms with van der Waals surface area (Å²) < 4.78 is 43.7. The van der Waals surface area contributed by atoms with Crippen molar-refractivity contribution in [2.45, 2.75) is 58.9 Å². The Bertz CT molecular complexity index is 1190. The summed E-state index contributed by atoms with van der Waals surface area (Å²) in [7, 11) is 0. The molecule has 0 aliphatic heterocycles. The van der Waals surface area contributed by atoms with Crippen LogP contribution in [0, 0.1) is 17.8 Å². The van der Waals surface area contributed by atoms with E-state index in [-0.39, 0.29) is 18.2 Å². The number of hydrogen-bond donors (Lipinski definition) is 2. The minimum atomic E-state index is -4.75. The number of anilines is 2. The Morgan fingerprint density at radius 2 is 1.91 bits per heavy atom. The van der Waals surface area contributed by atoms with Crippen molar-refractivity contribution >= 4 is 28.6 Å². The number of carboxylic acids is 1. The molecule has 0 saturated heterocycles. The number of ether oxygens (including phenoxy) is 1. The third-order valence-corrected chi connectivity index (χ3v) is 6.77. The molecular weight excluding hydrogens is 459 g/mol. The van der Waals surface area contributed by atoms with Crippen LogP contribution in [-0.2, 0) is 11.2 Å². The van der Waals surface area contributed by atoms with E-state index in [1.165, 1.54) is 24.3 Å². The zero-order valence-corrected chi connectivity index (χ0v) is 20.0. The molecule has 0 radical (unpaired) electrons. The van der Waals surface area contributed by atoms with Crippen molar-refractivity contribution < 1.29 is 27.8 Å². The number of imidazole rings is 1. The first kappa shape index (κ1) is 24.9. The summed E-state index contributed by atoms with van der Waals surface area (Å²) in [6, 6.07) is 11.3. The predicted octanol–water partition coefficient (Wildman–Crippen LogP) is 6.94. The molecule has 0 bridgehead atoms. The molecule has 1 aliphatic rings. The van der Waals surface area contributed by atoms with E-state index in [1.807, 2.05) is 12.1 Å². The number of hydrogen-bond acceptors (Lipinski definition) is 4. The van der Waals surface area contributed by atoms with Crippen LogP contribution in [0.4, 0.5) is 24.8 Å². The van der Waals surface area contributed by atoms with Gasteiger partial charge < -0.3 is 19.7 Å². The monoisotopic (exact) mass is 489 g/mol. The first-order valence-electron chi connectivity index (χ1n) is 11.9. The molecule has 188 valence electrons. The van der Waals surface area contributed by atoms with E-state index in [1.54, 1.807) is 6.07 Å². The number of rotatable bonds is 7. The van der Waals surface area contributed by atoms with Gasteiger partial charge in [-0.05, 0) is 72.6 Å². The van der Waals surface area contributed by atoms with Gasteiger partial charge in [0.1, 0.15) is 5.75 Å². The average molecular weight is 490 g/mol. The van der Waals surface area contributed by atoms with Crippen LogP contribution in [0.2, 0.25) is 0 Å². The number of aromatic nitrogens is 2. The lowest BCUT2D eigenvalue weighted by Gasteiger charge is -2.39. The molecule has 2 aromatic carbocycles. The summed E-state index contributed by atoms with van der Waals surface area (Å²) in [5, 5.41) is 12.5. The van der Waals surface area contributed by atoms with E-state index in [4.69, 9.17) is 4.98 Å². The molecule has 0 unspecified atom stereocenters. The Kier molecular flexibility index (Phi) is 6.96. The topological polar surface area (TPSA) is 76.4 Å². The number of nitrogens with zero attached hydrogens (tertiary/aromatic N) is 2. The third-order valence-electron chi connectivity index (χ3n) is 6.77. The van der Waals surface area contributed by atoms with E-state index in [9.17, 15) is 23.1 Å². The molecule has 35 heavy (non-hydrogen) atoms. The van der Waals surface area contributed by atoms with Crippen molar-refractivity contribution in [2.75, 3.05) is 5.32 Å². The molecule has 1 saturated carbocycles. The van der Waals surface area contributed by atoms with E-state index < -0.39 is 12.3 Å². The zero-order valence-electron chi connectivity index (χ0n) is 20.0. The summed E-state index contributed by atoms with van der Waals surface area (Å²) in [4.78, 5) is 16.0. The Balaban J connectivity index is 1.75. The number of aliphatic carboxylic acids is 1. The highest BCUT2D eigenvalue weighted by Gasteiger charge is 2.34. The first-order valence-corrected chi connectivity index (χ1v) is 11.9. The minimum absolute atomic E-state index is 0.0959. The maximum absolute atomic E-state index is 12.5. The van der Waals surface area contributed by atoms with Gasteiger partial charge in [0.15, 0.2) is 0 Å². The number of alkyl halides is 3. The van der Waals surface area contributed by atoms with Crippen molar-refractivity contribution in [3.63, 3.8) is 0 Å². The molecule has 3 atom stereocenters. The fraction of sp³-hybridized carbons (Fsp3) is 0.462. The Labute approximate surface area is 202 Å². The molecule has 9 heteroatoms. The second kappa shape index (κ2) is 9.79. The Morgan fingerprint density at radius 3 is 2.54 bits per heavy atom. The number of fused-ring (bicyclic) bond motifs is 1. The lowest BCUT2D eigenvalue weighted by atomic mass is 9.74. The van der Waals surface area contributed by atoms with E-state index in [0.717, 1.165) is 24.8 Å². The van der Waals surface area contributed by atoms with Crippen molar-refractivity contribution in [2.24, 2.45) is 17.8 Å². The number of carbonyl (C=O) groups is 1. The predicted molar refractivity (Wildman–Crippen MR) is 128 cm³/mol. The van der Waals surface area contributed by atoms with Crippen LogP contribution in [0.1, 0.15) is 51.6 Å². The number of halogens is 3. The van der Waals surface area contributed by atoms with Gasteiger partial charge in [-0.3, -0.25) is 4.79 Å². The second-order valence-electron chi connectivity index (χ2n) is 9.79. The van der Waals surface area contributed by atoms with Gasteiger partial charge in [-0.25, -0.2) is 4.98 Å². The minimum Gasteiger partial charge on any atom is -0.481 e. The highest BCUT2D eigenvalue weighted by molar-refractivity contribution is 5.82. The van der Waals surface area contributed by atoms with Gasteiger partial charge >= 0.3 is 12.3 Å². The fourth-order valence-corrected chi connectivity index (χ4v) is 5.17. The molecular formula is C26H30F3N3O3. The third kappa shape index (κ3) is 5.89. The molecule has 3 aromatic rings. The van der Waals surface area contributed by atoms with Crippen molar-refractivity contribution in [1.29, 1.82) is 0 Å². The van der Waals surface area contributed by atoms with Gasteiger partial charge in [-0.1, -0.05) is 33.3 Å². The largest absolute Gasteiger partial charge is 0.573 e. The second-order valence-corrected chi connectivity index (χ2v) is 9.79. The molecule has 0 amide bonds. The smallest absolute Gasteiger partial charge is 0.481 e. The van der Waals surface area contributed by atoms with Crippen molar-refractivity contribution in [1.82, 2.24) is 9.55 Å². The quantitative estimate of drug-likeness (QED) is 0.376. The maximum atomic E-state index is 12.5. The highest BCUT2D eigenvalue weighted by Crippen LogP contribution is 2.44. The average Bonchev–Trinajstić information content (AvgIpc) is 3.10. The summed E-state index contributed by atoms with van der Waals surface area (Å²) in [5.41, 5.74) is 2.83. The maximum Gasteiger partial charge on any atom is 0.573 e. The van der Waals surface area contributed by atoms with E-state index in [0.29, 0.717) is 40.5 Å². The molecule has 4 rings (SSSR count). The highest BCUT2D eigenvalue weighted by atomic mass is 19.4. The fourth-order valence-electron chi connectivity index (χ4n) is 5.17. The van der Waals surface area contributed by atoms with Gasteiger partial charge in [0.05, 0.1) is 17.5 Å². The molecule has 0 spiro atoms. The normalized spacial score (nSPS) is 20.8. The number of nitrogens with one attached hydrogen (secondary N) is 1. The van der Waals surface area contributed by atoms with Gasteiger partial charge in [0.2, 0.25) is 5.95 Å². The van der Waals surface area contributed by atoms with Crippen molar-refractivity contribution in [3.8, 4) is 5.75 Å². The number of benzene rings is 2. The van der Waals surface area contributed by atoms with Gasteiger partial charge in [0.25, 0.3) is 0 Å². The van der Waals surface area contributed by atoms with Crippen LogP contribution in [0.15, 0.2) is 42.5 Å². The summed E-state index contributed by atoms with van der Waals surface area (Å²) >= 11 is 0. The summed E-state index contributed by atoms with van der Waals surface area (Å²) in [6.07, 6.45) is -1.60. The van der Waals surface area contributed by atoms with Crippen LogP contribution in [-0.4, -0.2) is 27.0 Å². The van der Waals surface area contributed by atoms with Gasteiger partial charge in [0, 0.05) is 11.7 Å². The van der Waals surface area contributed by atoms with Crippen LogP contribution >= 0.6 is 0 Å².